The molecule has 28 heavy (non-hydrogen) atoms. The first-order valence-electron chi connectivity index (χ1n) is 8.93. The van der Waals surface area contributed by atoms with E-state index in [1.165, 1.54) is 0 Å². The van der Waals surface area contributed by atoms with Crippen LogP contribution in [0.3, 0.4) is 0 Å². The average molecular weight is 381 g/mol. The van der Waals surface area contributed by atoms with Crippen LogP contribution in [0.2, 0.25) is 0 Å². The standard InChI is InChI=1S/C21H23N3O4/c1-24(14-15-4-8-17(26-2)9-5-15)20(25)13-12-19-22-21(23-28-19)16-6-10-18(27-3)11-7-16/h4-11H,12-14H2,1-3H3. The van der Waals surface area contributed by atoms with E-state index in [2.05, 4.69) is 10.1 Å². The number of hydrogen-bond acceptors (Lipinski definition) is 6. The quantitative estimate of drug-likeness (QED) is 0.595. The van der Waals surface area contributed by atoms with Crippen molar-refractivity contribution >= 4 is 5.91 Å². The second kappa shape index (κ2) is 9.03. The van der Waals surface area contributed by atoms with Crippen molar-refractivity contribution in [2.24, 2.45) is 0 Å². The van der Waals surface area contributed by atoms with Crippen LogP contribution in [-0.2, 0) is 17.8 Å². The van der Waals surface area contributed by atoms with E-state index in [1.807, 2.05) is 48.5 Å². The summed E-state index contributed by atoms with van der Waals surface area (Å²) in [6.07, 6.45) is 0.700. The second-order valence-electron chi connectivity index (χ2n) is 6.34. The predicted octanol–water partition coefficient (Wildman–Crippen LogP) is 3.35. The lowest BCUT2D eigenvalue weighted by molar-refractivity contribution is -0.130. The zero-order chi connectivity index (χ0) is 19.9. The summed E-state index contributed by atoms with van der Waals surface area (Å²) in [6, 6.07) is 15.1. The number of rotatable bonds is 8. The van der Waals surface area contributed by atoms with Gasteiger partial charge in [-0.25, -0.2) is 0 Å². The zero-order valence-corrected chi connectivity index (χ0v) is 16.2. The Morgan fingerprint density at radius 1 is 1.00 bits per heavy atom. The number of benzene rings is 2. The molecule has 1 amide bonds. The molecular formula is C21H23N3O4. The molecular weight excluding hydrogens is 358 g/mol. The van der Waals surface area contributed by atoms with Gasteiger partial charge in [-0.3, -0.25) is 4.79 Å². The Bertz CT molecular complexity index is 904. The van der Waals surface area contributed by atoms with E-state index in [9.17, 15) is 4.79 Å². The Hall–Kier alpha value is -3.35. The number of aromatic nitrogens is 2. The summed E-state index contributed by atoms with van der Waals surface area (Å²) >= 11 is 0. The number of amides is 1. The third kappa shape index (κ3) is 4.88. The van der Waals surface area contributed by atoms with Gasteiger partial charge in [0.05, 0.1) is 14.2 Å². The highest BCUT2D eigenvalue weighted by molar-refractivity contribution is 5.76. The van der Waals surface area contributed by atoms with Crippen LogP contribution in [0.15, 0.2) is 53.1 Å². The molecule has 146 valence electrons. The zero-order valence-electron chi connectivity index (χ0n) is 16.2. The summed E-state index contributed by atoms with van der Waals surface area (Å²) in [5, 5.41) is 3.99. The molecule has 0 atom stereocenters. The molecule has 0 saturated carbocycles. The fraction of sp³-hybridized carbons (Fsp3) is 0.286. The summed E-state index contributed by atoms with van der Waals surface area (Å²) in [5.41, 5.74) is 1.87. The first-order valence-corrected chi connectivity index (χ1v) is 8.93. The first-order chi connectivity index (χ1) is 13.6. The lowest BCUT2D eigenvalue weighted by Gasteiger charge is -2.17. The summed E-state index contributed by atoms with van der Waals surface area (Å²) in [5.74, 6) is 2.51. The minimum Gasteiger partial charge on any atom is -0.497 e. The van der Waals surface area contributed by atoms with E-state index in [0.29, 0.717) is 31.1 Å². The summed E-state index contributed by atoms with van der Waals surface area (Å²) in [7, 11) is 5.02. The van der Waals surface area contributed by atoms with Gasteiger partial charge < -0.3 is 18.9 Å². The first kappa shape index (κ1) is 19.4. The molecule has 2 aromatic carbocycles. The minimum atomic E-state index is 0.0139. The van der Waals surface area contributed by atoms with Crippen molar-refractivity contribution < 1.29 is 18.8 Å². The molecule has 0 N–H and O–H groups in total. The van der Waals surface area contributed by atoms with Gasteiger partial charge in [-0.1, -0.05) is 17.3 Å². The molecule has 3 aromatic rings. The Morgan fingerprint density at radius 3 is 2.21 bits per heavy atom. The van der Waals surface area contributed by atoms with Crippen molar-refractivity contribution in [1.29, 1.82) is 0 Å². The predicted molar refractivity (Wildman–Crippen MR) is 104 cm³/mol. The molecule has 1 aromatic heterocycles. The molecule has 0 radical (unpaired) electrons. The number of carbonyl (C=O) groups excluding carboxylic acids is 1. The van der Waals surface area contributed by atoms with Crippen LogP contribution in [-0.4, -0.2) is 42.2 Å². The van der Waals surface area contributed by atoms with Crippen LogP contribution in [0.1, 0.15) is 17.9 Å². The van der Waals surface area contributed by atoms with Crippen LogP contribution in [0.5, 0.6) is 11.5 Å². The Kier molecular flexibility index (Phi) is 6.26. The van der Waals surface area contributed by atoms with E-state index in [1.54, 1.807) is 26.2 Å². The largest absolute Gasteiger partial charge is 0.497 e. The van der Waals surface area contributed by atoms with E-state index in [4.69, 9.17) is 14.0 Å². The van der Waals surface area contributed by atoms with Crippen molar-refractivity contribution in [2.45, 2.75) is 19.4 Å². The number of carbonyl (C=O) groups is 1. The molecule has 0 bridgehead atoms. The molecule has 0 spiro atoms. The highest BCUT2D eigenvalue weighted by atomic mass is 16.5. The van der Waals surface area contributed by atoms with Gasteiger partial charge in [-0.05, 0) is 42.0 Å². The molecule has 0 aliphatic heterocycles. The SMILES string of the molecule is COc1ccc(CN(C)C(=O)CCc2nc(-c3ccc(OC)cc3)no2)cc1. The number of nitrogens with zero attached hydrogens (tertiary/aromatic N) is 3. The van der Waals surface area contributed by atoms with Crippen molar-refractivity contribution in [3.05, 3.63) is 60.0 Å². The van der Waals surface area contributed by atoms with E-state index in [0.717, 1.165) is 22.6 Å². The average Bonchev–Trinajstić information content (AvgIpc) is 3.21. The lowest BCUT2D eigenvalue weighted by atomic mass is 10.2. The third-order valence-electron chi connectivity index (χ3n) is 4.37. The molecule has 1 heterocycles. The van der Waals surface area contributed by atoms with Crippen LogP contribution >= 0.6 is 0 Å². The highest BCUT2D eigenvalue weighted by Crippen LogP contribution is 2.20. The number of methoxy groups -OCH3 is 2. The Labute approximate surface area is 163 Å². The Morgan fingerprint density at radius 2 is 1.61 bits per heavy atom. The number of aryl methyl sites for hydroxylation is 1. The van der Waals surface area contributed by atoms with E-state index in [-0.39, 0.29) is 5.91 Å². The van der Waals surface area contributed by atoms with Gasteiger partial charge in [0.1, 0.15) is 11.5 Å². The summed E-state index contributed by atoms with van der Waals surface area (Å²) < 4.78 is 15.6. The molecule has 7 nitrogen and oxygen atoms in total. The topological polar surface area (TPSA) is 77.7 Å². The van der Waals surface area contributed by atoms with Gasteiger partial charge in [-0.2, -0.15) is 4.98 Å². The maximum absolute atomic E-state index is 12.4. The Balaban J connectivity index is 1.52. The normalized spacial score (nSPS) is 10.5. The van der Waals surface area contributed by atoms with Crippen LogP contribution in [0.4, 0.5) is 0 Å². The van der Waals surface area contributed by atoms with Gasteiger partial charge in [-0.15, -0.1) is 0 Å². The van der Waals surface area contributed by atoms with Crippen molar-refractivity contribution in [2.75, 3.05) is 21.3 Å². The van der Waals surface area contributed by atoms with Crippen LogP contribution < -0.4 is 9.47 Å². The molecule has 0 aliphatic rings. The van der Waals surface area contributed by atoms with Gasteiger partial charge in [0, 0.05) is 32.0 Å². The molecule has 0 unspecified atom stereocenters. The van der Waals surface area contributed by atoms with E-state index < -0.39 is 0 Å². The van der Waals surface area contributed by atoms with Gasteiger partial charge >= 0.3 is 0 Å². The molecule has 3 rings (SSSR count). The highest BCUT2D eigenvalue weighted by Gasteiger charge is 2.14. The van der Waals surface area contributed by atoms with Gasteiger partial charge in [0.25, 0.3) is 0 Å². The minimum absolute atomic E-state index is 0.0139. The van der Waals surface area contributed by atoms with E-state index >= 15 is 0 Å². The fourth-order valence-electron chi connectivity index (χ4n) is 2.71. The maximum atomic E-state index is 12.4. The van der Waals surface area contributed by atoms with Crippen molar-refractivity contribution in [1.82, 2.24) is 15.0 Å². The van der Waals surface area contributed by atoms with Crippen molar-refractivity contribution in [3.8, 4) is 22.9 Å². The third-order valence-corrected chi connectivity index (χ3v) is 4.37. The lowest BCUT2D eigenvalue weighted by Crippen LogP contribution is -2.26. The molecule has 0 aliphatic carbocycles. The molecule has 0 fully saturated rings. The van der Waals surface area contributed by atoms with Crippen molar-refractivity contribution in [3.63, 3.8) is 0 Å². The van der Waals surface area contributed by atoms with Gasteiger partial charge in [0.2, 0.25) is 17.6 Å². The van der Waals surface area contributed by atoms with Crippen LogP contribution in [0.25, 0.3) is 11.4 Å². The monoisotopic (exact) mass is 381 g/mol. The number of hydrogen-bond donors (Lipinski definition) is 0. The summed E-state index contributed by atoms with van der Waals surface area (Å²) in [6.45, 7) is 0.532. The fourth-order valence-corrected chi connectivity index (χ4v) is 2.71. The van der Waals surface area contributed by atoms with Gasteiger partial charge in [0.15, 0.2) is 0 Å². The smallest absolute Gasteiger partial charge is 0.227 e. The summed E-state index contributed by atoms with van der Waals surface area (Å²) in [4.78, 5) is 18.4. The number of ether oxygens (including phenoxy) is 2. The maximum Gasteiger partial charge on any atom is 0.227 e. The second-order valence-corrected chi connectivity index (χ2v) is 6.34. The molecule has 0 saturated heterocycles. The molecule has 7 heteroatoms. The van der Waals surface area contributed by atoms with Crippen LogP contribution in [0, 0.1) is 0 Å².